The predicted molar refractivity (Wildman–Crippen MR) is 68.2 cm³/mol. The van der Waals surface area contributed by atoms with Gasteiger partial charge in [0.1, 0.15) is 0 Å². The molecule has 0 aromatic carbocycles. The molecule has 2 fully saturated rings. The van der Waals surface area contributed by atoms with E-state index in [1.54, 1.807) is 0 Å². The number of ether oxygens (including phenoxy) is 2. The van der Waals surface area contributed by atoms with Gasteiger partial charge in [0.25, 0.3) is 0 Å². The molecular weight excluding hydrogens is 232 g/mol. The van der Waals surface area contributed by atoms with E-state index in [2.05, 4.69) is 10.6 Å². The first-order chi connectivity index (χ1) is 8.74. The van der Waals surface area contributed by atoms with Gasteiger partial charge in [-0.25, -0.2) is 0 Å². The maximum atomic E-state index is 11.3. The molecule has 0 unspecified atom stereocenters. The molecule has 1 aliphatic heterocycles. The fourth-order valence-electron chi connectivity index (χ4n) is 2.72. The highest BCUT2D eigenvalue weighted by Crippen LogP contribution is 2.35. The van der Waals surface area contributed by atoms with Crippen LogP contribution in [0.25, 0.3) is 0 Å². The number of carbonyl (C=O) groups excluding carboxylic acids is 1. The van der Waals surface area contributed by atoms with Crippen LogP contribution in [-0.4, -0.2) is 44.0 Å². The number of rotatable bonds is 5. The van der Waals surface area contributed by atoms with E-state index in [1.807, 2.05) is 6.92 Å². The molecule has 5 nitrogen and oxygen atoms in total. The topological polar surface area (TPSA) is 59.6 Å². The summed E-state index contributed by atoms with van der Waals surface area (Å²) in [4.78, 5) is 11.3. The standard InChI is InChI=1S/C13H24N2O3/c1-2-14-12(16)5-8-15-11-3-6-13(7-4-11)17-9-10-18-13/h11,15H,2-10H2,1H3,(H,14,16). The second-order valence-electron chi connectivity index (χ2n) is 5.04. The van der Waals surface area contributed by atoms with Gasteiger partial charge in [0.05, 0.1) is 13.2 Å². The normalized spacial score (nSPS) is 23.4. The van der Waals surface area contributed by atoms with Crippen molar-refractivity contribution in [3.8, 4) is 0 Å². The monoisotopic (exact) mass is 256 g/mol. The minimum atomic E-state index is -0.280. The molecule has 2 N–H and O–H groups in total. The summed E-state index contributed by atoms with van der Waals surface area (Å²) in [5.74, 6) is -0.155. The van der Waals surface area contributed by atoms with Crippen LogP contribution < -0.4 is 10.6 Å². The molecule has 0 bridgehead atoms. The first-order valence-corrected chi connectivity index (χ1v) is 7.02. The Bertz CT molecular complexity index is 267. The molecule has 1 spiro atoms. The van der Waals surface area contributed by atoms with Gasteiger partial charge in [0.15, 0.2) is 5.79 Å². The Kier molecular flexibility index (Phi) is 4.97. The van der Waals surface area contributed by atoms with Crippen LogP contribution in [-0.2, 0) is 14.3 Å². The number of carbonyl (C=O) groups is 1. The number of amides is 1. The average Bonchev–Trinajstić information content (AvgIpc) is 2.81. The largest absolute Gasteiger partial charge is 0.356 e. The van der Waals surface area contributed by atoms with Gasteiger partial charge >= 0.3 is 0 Å². The quantitative estimate of drug-likeness (QED) is 0.763. The fourth-order valence-corrected chi connectivity index (χ4v) is 2.72. The average molecular weight is 256 g/mol. The van der Waals surface area contributed by atoms with Gasteiger partial charge in [-0.05, 0) is 19.8 Å². The van der Waals surface area contributed by atoms with Gasteiger partial charge in [0.2, 0.25) is 5.91 Å². The Morgan fingerprint density at radius 1 is 1.28 bits per heavy atom. The van der Waals surface area contributed by atoms with Crippen molar-refractivity contribution in [2.45, 2.75) is 50.9 Å². The van der Waals surface area contributed by atoms with E-state index < -0.39 is 0 Å². The number of nitrogens with one attached hydrogen (secondary N) is 2. The van der Waals surface area contributed by atoms with Crippen molar-refractivity contribution in [1.29, 1.82) is 0 Å². The van der Waals surface area contributed by atoms with Crippen LogP contribution in [0.1, 0.15) is 39.0 Å². The first kappa shape index (κ1) is 13.8. The molecule has 0 atom stereocenters. The van der Waals surface area contributed by atoms with Gasteiger partial charge < -0.3 is 20.1 Å². The lowest BCUT2D eigenvalue weighted by atomic mass is 9.90. The SMILES string of the molecule is CCNC(=O)CCNC1CCC2(CC1)OCCO2. The third-order valence-corrected chi connectivity index (χ3v) is 3.72. The van der Waals surface area contributed by atoms with E-state index in [0.717, 1.165) is 45.4 Å². The fraction of sp³-hybridized carbons (Fsp3) is 0.923. The van der Waals surface area contributed by atoms with E-state index in [0.29, 0.717) is 19.0 Å². The summed E-state index contributed by atoms with van der Waals surface area (Å²) < 4.78 is 11.4. The molecule has 1 amide bonds. The van der Waals surface area contributed by atoms with Crippen molar-refractivity contribution in [2.24, 2.45) is 0 Å². The summed E-state index contributed by atoms with van der Waals surface area (Å²) in [7, 11) is 0. The number of hydrogen-bond donors (Lipinski definition) is 2. The molecule has 104 valence electrons. The lowest BCUT2D eigenvalue weighted by Gasteiger charge is -2.35. The highest BCUT2D eigenvalue weighted by Gasteiger charge is 2.40. The first-order valence-electron chi connectivity index (χ1n) is 7.02. The molecule has 2 rings (SSSR count). The molecule has 1 saturated heterocycles. The highest BCUT2D eigenvalue weighted by molar-refractivity contribution is 5.75. The Morgan fingerprint density at radius 2 is 1.94 bits per heavy atom. The van der Waals surface area contributed by atoms with E-state index >= 15 is 0 Å². The smallest absolute Gasteiger partial charge is 0.221 e. The van der Waals surface area contributed by atoms with Crippen LogP contribution in [0, 0.1) is 0 Å². The summed E-state index contributed by atoms with van der Waals surface area (Å²) in [6.45, 7) is 4.86. The Labute approximate surface area is 109 Å². The van der Waals surface area contributed by atoms with Crippen LogP contribution in [0.15, 0.2) is 0 Å². The van der Waals surface area contributed by atoms with Crippen LogP contribution in [0.2, 0.25) is 0 Å². The molecule has 18 heavy (non-hydrogen) atoms. The third-order valence-electron chi connectivity index (χ3n) is 3.72. The predicted octanol–water partition coefficient (Wildman–Crippen LogP) is 0.788. The second-order valence-corrected chi connectivity index (χ2v) is 5.04. The minimum absolute atomic E-state index is 0.125. The van der Waals surface area contributed by atoms with Crippen LogP contribution in [0.4, 0.5) is 0 Å². The van der Waals surface area contributed by atoms with Gasteiger partial charge in [0, 0.05) is 38.4 Å². The molecular formula is C13H24N2O3. The zero-order chi connectivity index (χ0) is 12.8. The molecule has 1 heterocycles. The van der Waals surface area contributed by atoms with E-state index in [-0.39, 0.29) is 11.7 Å². The van der Waals surface area contributed by atoms with Gasteiger partial charge in [-0.3, -0.25) is 4.79 Å². The van der Waals surface area contributed by atoms with Crippen molar-refractivity contribution in [3.63, 3.8) is 0 Å². The van der Waals surface area contributed by atoms with Crippen LogP contribution in [0.3, 0.4) is 0 Å². The summed E-state index contributed by atoms with van der Waals surface area (Å²) >= 11 is 0. The lowest BCUT2D eigenvalue weighted by Crippen LogP contribution is -2.42. The van der Waals surface area contributed by atoms with Crippen molar-refractivity contribution >= 4 is 5.91 Å². The summed E-state index contributed by atoms with van der Waals surface area (Å²) in [5.41, 5.74) is 0. The summed E-state index contributed by atoms with van der Waals surface area (Å²) in [5, 5.41) is 6.25. The zero-order valence-electron chi connectivity index (χ0n) is 11.2. The van der Waals surface area contributed by atoms with Gasteiger partial charge in [-0.15, -0.1) is 0 Å². The summed E-state index contributed by atoms with van der Waals surface area (Å²) in [6.07, 6.45) is 4.62. The van der Waals surface area contributed by atoms with Crippen LogP contribution >= 0.6 is 0 Å². The van der Waals surface area contributed by atoms with Crippen molar-refractivity contribution < 1.29 is 14.3 Å². The van der Waals surface area contributed by atoms with Gasteiger partial charge in [-0.2, -0.15) is 0 Å². The van der Waals surface area contributed by atoms with Crippen molar-refractivity contribution in [3.05, 3.63) is 0 Å². The van der Waals surface area contributed by atoms with Gasteiger partial charge in [-0.1, -0.05) is 0 Å². The minimum Gasteiger partial charge on any atom is -0.356 e. The number of hydrogen-bond acceptors (Lipinski definition) is 4. The molecule has 0 radical (unpaired) electrons. The molecule has 1 saturated carbocycles. The maximum Gasteiger partial charge on any atom is 0.221 e. The Balaban J connectivity index is 1.60. The summed E-state index contributed by atoms with van der Waals surface area (Å²) in [6, 6.07) is 0.498. The van der Waals surface area contributed by atoms with Crippen LogP contribution in [0.5, 0.6) is 0 Å². The highest BCUT2D eigenvalue weighted by atomic mass is 16.7. The zero-order valence-corrected chi connectivity index (χ0v) is 11.2. The maximum absolute atomic E-state index is 11.3. The molecule has 1 aliphatic carbocycles. The Morgan fingerprint density at radius 3 is 2.56 bits per heavy atom. The van der Waals surface area contributed by atoms with Crippen molar-refractivity contribution in [1.82, 2.24) is 10.6 Å². The van der Waals surface area contributed by atoms with E-state index in [1.165, 1.54) is 0 Å². The van der Waals surface area contributed by atoms with E-state index in [9.17, 15) is 4.79 Å². The molecule has 5 heteroatoms. The van der Waals surface area contributed by atoms with E-state index in [4.69, 9.17) is 9.47 Å². The molecule has 0 aromatic heterocycles. The Hall–Kier alpha value is -0.650. The third kappa shape index (κ3) is 3.67. The molecule has 2 aliphatic rings. The lowest BCUT2D eigenvalue weighted by molar-refractivity contribution is -0.179. The van der Waals surface area contributed by atoms with Crippen molar-refractivity contribution in [2.75, 3.05) is 26.3 Å². The second kappa shape index (κ2) is 6.50. The molecule has 0 aromatic rings.